The minimum atomic E-state index is -0.346. The number of hydrogen-bond acceptors (Lipinski definition) is 5. The molecule has 1 aliphatic heterocycles. The molecule has 2 aromatic heterocycles. The highest BCUT2D eigenvalue weighted by Crippen LogP contribution is 2.48. The molecule has 0 radical (unpaired) electrons. The normalized spacial score (nSPS) is 12.4. The molecule has 0 unspecified atom stereocenters. The molecule has 10 heteroatoms. The van der Waals surface area contributed by atoms with Gasteiger partial charge in [0.1, 0.15) is 5.52 Å². The van der Waals surface area contributed by atoms with Crippen LogP contribution in [0.15, 0.2) is 81.3 Å². The van der Waals surface area contributed by atoms with E-state index in [1.54, 1.807) is 34.9 Å². The molecular formula is C23H15N6O2S2+. The number of carbonyl (C=O) groups excluding carboxylic acids is 1. The molecule has 3 aromatic carbocycles. The molecule has 0 aliphatic carbocycles. The molecule has 5 aromatic rings. The third kappa shape index (κ3) is 3.36. The monoisotopic (exact) mass is 471 g/mol. The third-order valence-corrected chi connectivity index (χ3v) is 6.63. The first-order valence-electron chi connectivity index (χ1n) is 10.0. The molecule has 1 aliphatic rings. The summed E-state index contributed by atoms with van der Waals surface area (Å²) in [6.45, 7) is 0. The molecule has 4 N–H and O–H groups in total. The van der Waals surface area contributed by atoms with Crippen molar-refractivity contribution in [3.8, 4) is 0 Å². The first-order valence-corrected chi connectivity index (χ1v) is 11.3. The van der Waals surface area contributed by atoms with Gasteiger partial charge in [0.15, 0.2) is 4.77 Å². The van der Waals surface area contributed by atoms with Gasteiger partial charge in [-0.15, -0.1) is 0 Å². The fourth-order valence-corrected chi connectivity index (χ4v) is 5.09. The Kier molecular flexibility index (Phi) is 4.49. The number of aromatic nitrogens is 4. The highest BCUT2D eigenvalue weighted by Gasteiger charge is 2.28. The first-order chi connectivity index (χ1) is 16.1. The van der Waals surface area contributed by atoms with Gasteiger partial charge < -0.3 is 10.3 Å². The van der Waals surface area contributed by atoms with E-state index in [1.807, 2.05) is 48.5 Å². The Hall–Kier alpha value is -4.02. The van der Waals surface area contributed by atoms with Gasteiger partial charge in [-0.1, -0.05) is 36.0 Å². The number of aromatic amines is 3. The van der Waals surface area contributed by atoms with Crippen molar-refractivity contribution < 1.29 is 9.78 Å². The average molecular weight is 472 g/mol. The number of nitrogens with zero attached hydrogens (tertiary/aromatic N) is 2. The van der Waals surface area contributed by atoms with Crippen LogP contribution >= 0.6 is 24.0 Å². The van der Waals surface area contributed by atoms with E-state index in [-0.39, 0.29) is 16.4 Å². The van der Waals surface area contributed by atoms with E-state index in [1.165, 1.54) is 0 Å². The number of hydrogen-bond donors (Lipinski definition) is 3. The van der Waals surface area contributed by atoms with Gasteiger partial charge in [-0.05, 0) is 48.6 Å². The van der Waals surface area contributed by atoms with E-state index in [2.05, 4.69) is 25.3 Å². The van der Waals surface area contributed by atoms with E-state index in [0.717, 1.165) is 21.2 Å². The maximum absolute atomic E-state index is 13.4. The lowest BCUT2D eigenvalue weighted by molar-refractivity contribution is -0.311. The number of rotatable bonds is 1. The lowest BCUT2D eigenvalue weighted by Gasteiger charge is -2.31. The topological polar surface area (TPSA) is 108 Å². The molecule has 160 valence electrons. The molecule has 6 rings (SSSR count). The van der Waals surface area contributed by atoms with Crippen molar-refractivity contribution in [2.45, 2.75) is 9.79 Å². The van der Waals surface area contributed by atoms with Crippen molar-refractivity contribution in [2.24, 2.45) is 0 Å². The predicted molar refractivity (Wildman–Crippen MR) is 130 cm³/mol. The molecule has 8 nitrogen and oxygen atoms in total. The molecule has 3 heterocycles. The Morgan fingerprint density at radius 2 is 1.70 bits per heavy atom. The van der Waals surface area contributed by atoms with Crippen molar-refractivity contribution in [1.82, 2.24) is 15.0 Å². The molecule has 0 spiro atoms. The van der Waals surface area contributed by atoms with Gasteiger partial charge in [0, 0.05) is 21.5 Å². The van der Waals surface area contributed by atoms with Crippen molar-refractivity contribution >= 4 is 69.3 Å². The summed E-state index contributed by atoms with van der Waals surface area (Å²) in [7, 11) is 0. The molecule has 33 heavy (non-hydrogen) atoms. The van der Waals surface area contributed by atoms with Crippen LogP contribution in [0.5, 0.6) is 0 Å². The number of fused-ring (bicyclic) bond motifs is 4. The standard InChI is InChI=1S/C23H14N6O2S2/c30-21-19-20(27-22(32)28-21)26-14-11-12(9-10-13(14)25-19)24-23(31)29-15-5-1-3-7-17(15)33-18-8-4-2-6-16(18)29/h1-11H,(H,24,31)(H2,26,27,28,30,32)/p+1. The second kappa shape index (κ2) is 7.54. The van der Waals surface area contributed by atoms with Gasteiger partial charge in [0.2, 0.25) is 11.2 Å². The molecule has 0 atom stereocenters. The van der Waals surface area contributed by atoms with Gasteiger partial charge in [0.25, 0.3) is 0 Å². The lowest BCUT2D eigenvalue weighted by Crippen LogP contribution is -2.32. The number of H-pyrrole nitrogens is 3. The Morgan fingerprint density at radius 3 is 2.42 bits per heavy atom. The van der Waals surface area contributed by atoms with E-state index in [0.29, 0.717) is 27.9 Å². The number of para-hydroxylation sites is 2. The van der Waals surface area contributed by atoms with Crippen LogP contribution in [0.2, 0.25) is 0 Å². The summed E-state index contributed by atoms with van der Waals surface area (Å²) < 4.78 is 0.192. The highest BCUT2D eigenvalue weighted by molar-refractivity contribution is 7.99. The first kappa shape index (κ1) is 19.6. The minimum absolute atomic E-state index is 0.192. The Balaban J connectivity index is 1.40. The van der Waals surface area contributed by atoms with E-state index >= 15 is 0 Å². The SMILES string of the molecule is O=C(Nc1ccc2[nH+]c3c(=O)[nH]c(=S)[nH]c3nc2c1)N1c2ccccc2Sc2ccccc21. The quantitative estimate of drug-likeness (QED) is 0.241. The second-order valence-corrected chi connectivity index (χ2v) is 8.90. The van der Waals surface area contributed by atoms with Crippen LogP contribution in [-0.2, 0) is 0 Å². The van der Waals surface area contributed by atoms with Crippen LogP contribution < -0.4 is 20.8 Å². The predicted octanol–water partition coefficient (Wildman–Crippen LogP) is 4.78. The summed E-state index contributed by atoms with van der Waals surface area (Å²) in [6.07, 6.45) is 0. The van der Waals surface area contributed by atoms with Crippen LogP contribution in [0.1, 0.15) is 0 Å². The number of urea groups is 1. The smallest absolute Gasteiger partial charge is 0.311 e. The Morgan fingerprint density at radius 1 is 1.00 bits per heavy atom. The van der Waals surface area contributed by atoms with Crippen LogP contribution in [-0.4, -0.2) is 21.0 Å². The van der Waals surface area contributed by atoms with E-state index in [4.69, 9.17) is 12.2 Å². The number of benzene rings is 3. The molecular weight excluding hydrogens is 456 g/mol. The van der Waals surface area contributed by atoms with Gasteiger partial charge in [-0.3, -0.25) is 14.7 Å². The zero-order valence-corrected chi connectivity index (χ0v) is 18.5. The molecule has 0 saturated carbocycles. The summed E-state index contributed by atoms with van der Waals surface area (Å²) >= 11 is 6.68. The van der Waals surface area contributed by atoms with Crippen molar-refractivity contribution in [3.05, 3.63) is 81.9 Å². The van der Waals surface area contributed by atoms with Crippen LogP contribution in [0.25, 0.3) is 22.2 Å². The van der Waals surface area contributed by atoms with Crippen LogP contribution in [0.4, 0.5) is 21.9 Å². The molecule has 0 bridgehead atoms. The summed E-state index contributed by atoms with van der Waals surface area (Å²) in [5.41, 5.74) is 3.74. The number of carbonyl (C=O) groups is 1. The Labute approximate surface area is 195 Å². The van der Waals surface area contributed by atoms with Gasteiger partial charge >= 0.3 is 17.1 Å². The summed E-state index contributed by atoms with van der Waals surface area (Å²) in [4.78, 5) is 42.3. The largest absolute Gasteiger partial charge is 0.331 e. The van der Waals surface area contributed by atoms with Crippen molar-refractivity contribution in [2.75, 3.05) is 10.2 Å². The fourth-order valence-electron chi connectivity index (χ4n) is 3.84. The maximum Gasteiger partial charge on any atom is 0.331 e. The molecule has 0 fully saturated rings. The van der Waals surface area contributed by atoms with Gasteiger partial charge in [-0.2, -0.15) is 4.98 Å². The van der Waals surface area contributed by atoms with Gasteiger partial charge in [0.05, 0.1) is 11.4 Å². The number of amides is 2. The zero-order valence-electron chi connectivity index (χ0n) is 16.9. The van der Waals surface area contributed by atoms with Crippen molar-refractivity contribution in [1.29, 1.82) is 0 Å². The summed E-state index contributed by atoms with van der Waals surface area (Å²) in [5, 5.41) is 2.98. The van der Waals surface area contributed by atoms with E-state index in [9.17, 15) is 9.59 Å². The van der Waals surface area contributed by atoms with Gasteiger partial charge in [-0.25, -0.2) is 9.78 Å². The molecule has 2 amide bonds. The average Bonchev–Trinajstić information content (AvgIpc) is 2.81. The van der Waals surface area contributed by atoms with Crippen LogP contribution in [0.3, 0.4) is 0 Å². The van der Waals surface area contributed by atoms with E-state index < -0.39 is 0 Å². The number of nitrogens with one attached hydrogen (secondary N) is 4. The summed E-state index contributed by atoms with van der Waals surface area (Å²) in [5.74, 6) is 0. The lowest BCUT2D eigenvalue weighted by atomic mass is 10.2. The zero-order chi connectivity index (χ0) is 22.5. The molecule has 0 saturated heterocycles. The minimum Gasteiger partial charge on any atom is -0.311 e. The Bertz CT molecular complexity index is 1670. The summed E-state index contributed by atoms with van der Waals surface area (Å²) in [6, 6.07) is 20.6. The van der Waals surface area contributed by atoms with Crippen molar-refractivity contribution in [3.63, 3.8) is 0 Å². The highest BCUT2D eigenvalue weighted by atomic mass is 32.2. The number of anilines is 3. The fraction of sp³-hybridized carbons (Fsp3) is 0. The maximum atomic E-state index is 13.4. The van der Waals surface area contributed by atoms with Crippen LogP contribution in [0, 0.1) is 4.77 Å². The third-order valence-electron chi connectivity index (χ3n) is 5.30. The second-order valence-electron chi connectivity index (χ2n) is 7.40.